The molecule has 0 aliphatic heterocycles. The Morgan fingerprint density at radius 1 is 1.00 bits per heavy atom. The molecule has 0 bridgehead atoms. The average Bonchev–Trinajstić information content (AvgIpc) is 2.41. The summed E-state index contributed by atoms with van der Waals surface area (Å²) in [6.45, 7) is 7.23. The third kappa shape index (κ3) is 1.12. The zero-order chi connectivity index (χ0) is 8.72. The van der Waals surface area contributed by atoms with Crippen molar-refractivity contribution in [2.75, 3.05) is 0 Å². The molecule has 0 spiro atoms. The van der Waals surface area contributed by atoms with E-state index in [2.05, 4.69) is 32.9 Å². The number of hydrogen-bond acceptors (Lipinski definition) is 0. The molecular weight excluding hydrogens is 144 g/mol. The molecule has 0 aromatic heterocycles. The second-order valence-electron chi connectivity index (χ2n) is 4.90. The van der Waals surface area contributed by atoms with Crippen LogP contribution in [0.25, 0.3) is 0 Å². The van der Waals surface area contributed by atoms with Gasteiger partial charge >= 0.3 is 0 Å². The van der Waals surface area contributed by atoms with Crippen molar-refractivity contribution in [3.63, 3.8) is 0 Å². The quantitative estimate of drug-likeness (QED) is 0.481. The second kappa shape index (κ2) is 2.90. The summed E-state index contributed by atoms with van der Waals surface area (Å²) in [5.74, 6) is 4.61. The molecule has 0 aromatic carbocycles. The molecule has 12 heavy (non-hydrogen) atoms. The molecule has 1 saturated carbocycles. The van der Waals surface area contributed by atoms with Crippen molar-refractivity contribution in [2.24, 2.45) is 29.6 Å². The molecule has 5 unspecified atom stereocenters. The first-order chi connectivity index (χ1) is 5.70. The smallest absolute Gasteiger partial charge is 0.0171 e. The van der Waals surface area contributed by atoms with Crippen LogP contribution in [0.3, 0.4) is 0 Å². The Kier molecular flexibility index (Phi) is 2.02. The molecule has 0 nitrogen and oxygen atoms in total. The van der Waals surface area contributed by atoms with E-state index in [0.717, 1.165) is 29.6 Å². The highest BCUT2D eigenvalue weighted by Crippen LogP contribution is 2.46. The lowest BCUT2D eigenvalue weighted by Gasteiger charge is -2.37. The molecular formula is C12H20. The Morgan fingerprint density at radius 2 is 1.75 bits per heavy atom. The van der Waals surface area contributed by atoms with Crippen molar-refractivity contribution in [2.45, 2.75) is 33.6 Å². The molecule has 68 valence electrons. The largest absolute Gasteiger partial charge is 0.0851 e. The summed E-state index contributed by atoms with van der Waals surface area (Å²) in [5, 5.41) is 0. The monoisotopic (exact) mass is 164 g/mol. The normalized spacial score (nSPS) is 52.4. The van der Waals surface area contributed by atoms with E-state index in [1.165, 1.54) is 12.8 Å². The Hall–Kier alpha value is -0.260. The molecule has 5 atom stereocenters. The average molecular weight is 164 g/mol. The molecule has 0 aromatic rings. The molecule has 0 N–H and O–H groups in total. The Morgan fingerprint density at radius 3 is 2.50 bits per heavy atom. The van der Waals surface area contributed by atoms with Gasteiger partial charge in [-0.25, -0.2) is 0 Å². The van der Waals surface area contributed by atoms with Crippen LogP contribution in [0.2, 0.25) is 0 Å². The lowest BCUT2D eigenvalue weighted by atomic mass is 9.67. The van der Waals surface area contributed by atoms with Gasteiger partial charge in [0, 0.05) is 0 Å². The first kappa shape index (κ1) is 8.34. The first-order valence-corrected chi connectivity index (χ1v) is 5.38. The van der Waals surface area contributed by atoms with E-state index >= 15 is 0 Å². The molecule has 1 fully saturated rings. The number of rotatable bonds is 0. The van der Waals surface area contributed by atoms with Crippen LogP contribution in [-0.2, 0) is 0 Å². The van der Waals surface area contributed by atoms with Crippen molar-refractivity contribution >= 4 is 0 Å². The van der Waals surface area contributed by atoms with Crippen LogP contribution < -0.4 is 0 Å². The van der Waals surface area contributed by atoms with Gasteiger partial charge in [-0.05, 0) is 36.0 Å². The topological polar surface area (TPSA) is 0 Å². The maximum absolute atomic E-state index is 2.48. The van der Waals surface area contributed by atoms with Gasteiger partial charge in [-0.15, -0.1) is 0 Å². The Bertz CT molecular complexity index is 192. The fraction of sp³-hybridized carbons (Fsp3) is 0.833. The molecule has 0 radical (unpaired) electrons. The van der Waals surface area contributed by atoms with Crippen molar-refractivity contribution in [1.82, 2.24) is 0 Å². The lowest BCUT2D eigenvalue weighted by Crippen LogP contribution is -2.30. The van der Waals surface area contributed by atoms with Gasteiger partial charge in [-0.3, -0.25) is 0 Å². The minimum Gasteiger partial charge on any atom is -0.0851 e. The summed E-state index contributed by atoms with van der Waals surface area (Å²) < 4.78 is 0. The zero-order valence-electron chi connectivity index (χ0n) is 8.46. The van der Waals surface area contributed by atoms with Gasteiger partial charge in [0.05, 0.1) is 0 Å². The molecule has 2 aliphatic rings. The van der Waals surface area contributed by atoms with Crippen LogP contribution in [0.4, 0.5) is 0 Å². The fourth-order valence-electron chi connectivity index (χ4n) is 3.06. The van der Waals surface area contributed by atoms with E-state index in [0.29, 0.717) is 0 Å². The summed E-state index contributed by atoms with van der Waals surface area (Å²) in [6.07, 6.45) is 7.83. The van der Waals surface area contributed by atoms with Gasteiger partial charge in [0.2, 0.25) is 0 Å². The summed E-state index contributed by atoms with van der Waals surface area (Å²) in [7, 11) is 0. The highest BCUT2D eigenvalue weighted by atomic mass is 14.4. The maximum atomic E-state index is 2.48. The zero-order valence-corrected chi connectivity index (χ0v) is 8.46. The van der Waals surface area contributed by atoms with E-state index in [4.69, 9.17) is 0 Å². The summed E-state index contributed by atoms with van der Waals surface area (Å²) in [4.78, 5) is 0. The number of hydrogen-bond donors (Lipinski definition) is 0. The summed E-state index contributed by atoms with van der Waals surface area (Å²) >= 11 is 0. The summed E-state index contributed by atoms with van der Waals surface area (Å²) in [5.41, 5.74) is 0. The third-order valence-corrected chi connectivity index (χ3v) is 4.27. The Balaban J connectivity index is 2.13. The van der Waals surface area contributed by atoms with Crippen LogP contribution >= 0.6 is 0 Å². The van der Waals surface area contributed by atoms with Gasteiger partial charge in [0.25, 0.3) is 0 Å². The van der Waals surface area contributed by atoms with Crippen LogP contribution in [-0.4, -0.2) is 0 Å². The minimum absolute atomic E-state index is 0.852. The lowest BCUT2D eigenvalue weighted by molar-refractivity contribution is 0.137. The van der Waals surface area contributed by atoms with Crippen molar-refractivity contribution in [1.29, 1.82) is 0 Å². The van der Waals surface area contributed by atoms with E-state index in [1.54, 1.807) is 0 Å². The van der Waals surface area contributed by atoms with E-state index in [9.17, 15) is 0 Å². The minimum atomic E-state index is 0.852. The SMILES string of the molecule is CC1C=CC2C(C)C(C)CCC12. The number of fused-ring (bicyclic) bond motifs is 1. The molecule has 0 heterocycles. The van der Waals surface area contributed by atoms with Crippen molar-refractivity contribution in [3.05, 3.63) is 12.2 Å². The van der Waals surface area contributed by atoms with Crippen molar-refractivity contribution < 1.29 is 0 Å². The van der Waals surface area contributed by atoms with Gasteiger partial charge in [-0.1, -0.05) is 39.3 Å². The van der Waals surface area contributed by atoms with Crippen LogP contribution in [0.15, 0.2) is 12.2 Å². The highest BCUT2D eigenvalue weighted by Gasteiger charge is 2.37. The first-order valence-electron chi connectivity index (χ1n) is 5.38. The maximum Gasteiger partial charge on any atom is -0.0171 e. The molecule has 0 heteroatoms. The van der Waals surface area contributed by atoms with Gasteiger partial charge in [-0.2, -0.15) is 0 Å². The van der Waals surface area contributed by atoms with Gasteiger partial charge in [0.1, 0.15) is 0 Å². The second-order valence-corrected chi connectivity index (χ2v) is 4.90. The molecule has 0 amide bonds. The Labute approximate surface area is 76.1 Å². The van der Waals surface area contributed by atoms with E-state index in [-0.39, 0.29) is 0 Å². The van der Waals surface area contributed by atoms with Crippen LogP contribution in [0.5, 0.6) is 0 Å². The predicted octanol–water partition coefficient (Wildman–Crippen LogP) is 3.49. The van der Waals surface area contributed by atoms with E-state index in [1.807, 2.05) is 0 Å². The molecule has 2 rings (SSSR count). The van der Waals surface area contributed by atoms with Crippen LogP contribution in [0.1, 0.15) is 33.6 Å². The van der Waals surface area contributed by atoms with Gasteiger partial charge in [0.15, 0.2) is 0 Å². The number of allylic oxidation sites excluding steroid dienone is 2. The predicted molar refractivity (Wildman–Crippen MR) is 52.8 cm³/mol. The molecule has 2 aliphatic carbocycles. The van der Waals surface area contributed by atoms with E-state index < -0.39 is 0 Å². The standard InChI is InChI=1S/C12H20/c1-8-4-6-11-9(2)5-7-12(11)10(8)3/h5,7-12H,4,6H2,1-3H3. The van der Waals surface area contributed by atoms with Gasteiger partial charge < -0.3 is 0 Å². The van der Waals surface area contributed by atoms with Crippen molar-refractivity contribution in [3.8, 4) is 0 Å². The third-order valence-electron chi connectivity index (χ3n) is 4.27. The highest BCUT2D eigenvalue weighted by molar-refractivity contribution is 5.08. The van der Waals surface area contributed by atoms with Crippen LogP contribution in [0, 0.1) is 29.6 Å². The summed E-state index contributed by atoms with van der Waals surface area (Å²) in [6, 6.07) is 0. The fourth-order valence-corrected chi connectivity index (χ4v) is 3.06. The molecule has 0 saturated heterocycles.